The number of fused-ring (bicyclic) bond motifs is 1. The van der Waals surface area contributed by atoms with E-state index in [1.807, 2.05) is 4.98 Å². The van der Waals surface area contributed by atoms with Gasteiger partial charge in [-0.25, -0.2) is 4.79 Å². The number of carboxylic acid groups (broad SMARTS) is 1. The second-order valence-electron chi connectivity index (χ2n) is 3.48. The van der Waals surface area contributed by atoms with Crippen molar-refractivity contribution in [2.24, 2.45) is 0 Å². The molecule has 0 spiro atoms. The second kappa shape index (κ2) is 3.41. The summed E-state index contributed by atoms with van der Waals surface area (Å²) in [5.74, 6) is -1.63. The van der Waals surface area contributed by atoms with Crippen LogP contribution in [0.3, 0.4) is 0 Å². The van der Waals surface area contributed by atoms with Crippen LogP contribution < -0.4 is 5.73 Å². The average molecular weight is 244 g/mol. The minimum absolute atomic E-state index is 0.0148. The minimum atomic E-state index is -4.75. The van der Waals surface area contributed by atoms with Gasteiger partial charge in [0.1, 0.15) is 5.69 Å². The van der Waals surface area contributed by atoms with Crippen molar-refractivity contribution < 1.29 is 23.1 Å². The van der Waals surface area contributed by atoms with Gasteiger partial charge in [0.25, 0.3) is 0 Å². The highest BCUT2D eigenvalue weighted by Crippen LogP contribution is 2.35. The Morgan fingerprint density at radius 2 is 2.00 bits per heavy atom. The van der Waals surface area contributed by atoms with E-state index in [9.17, 15) is 18.0 Å². The van der Waals surface area contributed by atoms with Gasteiger partial charge in [0.05, 0.1) is 5.56 Å². The third kappa shape index (κ3) is 1.79. The molecule has 1 heterocycles. The minimum Gasteiger partial charge on any atom is -0.478 e. The maximum Gasteiger partial charge on any atom is 0.432 e. The lowest BCUT2D eigenvalue weighted by atomic mass is 10.1. The van der Waals surface area contributed by atoms with Crippen LogP contribution in [0.25, 0.3) is 10.9 Å². The van der Waals surface area contributed by atoms with E-state index >= 15 is 0 Å². The number of benzene rings is 1. The highest BCUT2D eigenvalue weighted by molar-refractivity contribution is 6.05. The molecule has 90 valence electrons. The zero-order valence-electron chi connectivity index (χ0n) is 8.30. The molecule has 0 aliphatic carbocycles. The molecule has 0 saturated heterocycles. The van der Waals surface area contributed by atoms with Crippen LogP contribution in [0.15, 0.2) is 18.2 Å². The molecule has 0 saturated carbocycles. The van der Waals surface area contributed by atoms with Crippen LogP contribution in [0.1, 0.15) is 16.1 Å². The number of nitrogens with two attached hydrogens (primary N) is 1. The number of alkyl halides is 3. The van der Waals surface area contributed by atoms with E-state index in [0.29, 0.717) is 0 Å². The van der Waals surface area contributed by atoms with Crippen molar-refractivity contribution in [2.45, 2.75) is 6.18 Å². The molecule has 0 aliphatic rings. The Bertz CT molecular complexity index is 601. The van der Waals surface area contributed by atoms with Gasteiger partial charge < -0.3 is 15.8 Å². The zero-order valence-corrected chi connectivity index (χ0v) is 8.30. The van der Waals surface area contributed by atoms with Crippen LogP contribution in [0, 0.1) is 0 Å². The molecule has 1 aromatic carbocycles. The molecule has 0 bridgehead atoms. The van der Waals surface area contributed by atoms with E-state index < -0.39 is 23.4 Å². The van der Waals surface area contributed by atoms with Gasteiger partial charge >= 0.3 is 12.1 Å². The summed E-state index contributed by atoms with van der Waals surface area (Å²) in [6.45, 7) is 0. The van der Waals surface area contributed by atoms with Gasteiger partial charge in [-0.2, -0.15) is 13.2 Å². The number of halogens is 3. The molecular formula is C10H7F3N2O2. The summed E-state index contributed by atoms with van der Waals surface area (Å²) in [6, 6.07) is 3.86. The number of carbonyl (C=O) groups is 1. The van der Waals surface area contributed by atoms with Crippen LogP contribution in [0.4, 0.5) is 18.9 Å². The first-order valence-electron chi connectivity index (χ1n) is 4.52. The van der Waals surface area contributed by atoms with Crippen LogP contribution in [-0.2, 0) is 6.18 Å². The van der Waals surface area contributed by atoms with Gasteiger partial charge in [0.2, 0.25) is 0 Å². The maximum absolute atomic E-state index is 12.6. The number of aromatic amines is 1. The van der Waals surface area contributed by atoms with Gasteiger partial charge in [0, 0.05) is 16.6 Å². The molecule has 0 aliphatic heterocycles. The molecule has 0 amide bonds. The van der Waals surface area contributed by atoms with E-state index in [4.69, 9.17) is 10.8 Å². The number of hydrogen-bond donors (Lipinski definition) is 3. The smallest absolute Gasteiger partial charge is 0.432 e. The van der Waals surface area contributed by atoms with Crippen LogP contribution >= 0.6 is 0 Å². The first-order valence-corrected chi connectivity index (χ1v) is 4.52. The monoisotopic (exact) mass is 244 g/mol. The molecule has 1 aromatic heterocycles. The zero-order chi connectivity index (χ0) is 12.8. The van der Waals surface area contributed by atoms with E-state index in [1.54, 1.807) is 0 Å². The molecule has 7 heteroatoms. The van der Waals surface area contributed by atoms with E-state index in [2.05, 4.69) is 0 Å². The number of nitrogen functional groups attached to an aromatic ring is 1. The number of hydrogen-bond acceptors (Lipinski definition) is 2. The molecule has 0 unspecified atom stereocenters. The number of rotatable bonds is 1. The SMILES string of the molecule is Nc1ccc2c(C(=O)O)c(C(F)(F)F)[nH]c2c1. The summed E-state index contributed by atoms with van der Waals surface area (Å²) >= 11 is 0. The van der Waals surface area contributed by atoms with Crippen LogP contribution in [-0.4, -0.2) is 16.1 Å². The van der Waals surface area contributed by atoms with Gasteiger partial charge in [-0.15, -0.1) is 0 Å². The van der Waals surface area contributed by atoms with Crippen LogP contribution in [0.2, 0.25) is 0 Å². The largest absolute Gasteiger partial charge is 0.478 e. The van der Waals surface area contributed by atoms with E-state index in [0.717, 1.165) is 0 Å². The number of nitrogens with one attached hydrogen (secondary N) is 1. The van der Waals surface area contributed by atoms with Crippen molar-refractivity contribution in [3.63, 3.8) is 0 Å². The normalized spacial score (nSPS) is 11.9. The summed E-state index contributed by atoms with van der Waals surface area (Å²) in [5.41, 5.74) is 3.67. The van der Waals surface area contributed by atoms with Gasteiger partial charge in [-0.05, 0) is 18.2 Å². The molecule has 17 heavy (non-hydrogen) atoms. The predicted molar refractivity (Wildman–Crippen MR) is 54.7 cm³/mol. The maximum atomic E-state index is 12.6. The van der Waals surface area contributed by atoms with Crippen molar-refractivity contribution in [3.05, 3.63) is 29.5 Å². The molecule has 4 nitrogen and oxygen atoms in total. The molecule has 2 rings (SSSR count). The number of aromatic carboxylic acids is 1. The summed E-state index contributed by atoms with van der Waals surface area (Å²) in [6.07, 6.45) is -4.75. The summed E-state index contributed by atoms with van der Waals surface area (Å²) < 4.78 is 37.9. The Kier molecular flexibility index (Phi) is 2.27. The highest BCUT2D eigenvalue weighted by atomic mass is 19.4. The number of carboxylic acids is 1. The Morgan fingerprint density at radius 1 is 1.35 bits per heavy atom. The van der Waals surface area contributed by atoms with Gasteiger partial charge in [-0.1, -0.05) is 0 Å². The topological polar surface area (TPSA) is 79.1 Å². The van der Waals surface area contributed by atoms with Crippen LogP contribution in [0.5, 0.6) is 0 Å². The summed E-state index contributed by atoms with van der Waals surface area (Å²) in [7, 11) is 0. The lowest BCUT2D eigenvalue weighted by Gasteiger charge is -2.04. The number of H-pyrrole nitrogens is 1. The van der Waals surface area contributed by atoms with Crippen molar-refractivity contribution in [3.8, 4) is 0 Å². The quantitative estimate of drug-likeness (QED) is 0.674. The Balaban J connectivity index is 2.84. The third-order valence-electron chi connectivity index (χ3n) is 2.32. The lowest BCUT2D eigenvalue weighted by molar-refractivity contribution is -0.141. The second-order valence-corrected chi connectivity index (χ2v) is 3.48. The van der Waals surface area contributed by atoms with Crippen molar-refractivity contribution in [1.29, 1.82) is 0 Å². The van der Waals surface area contributed by atoms with Crippen molar-refractivity contribution in [1.82, 2.24) is 4.98 Å². The average Bonchev–Trinajstić information content (AvgIpc) is 2.55. The van der Waals surface area contributed by atoms with Gasteiger partial charge in [-0.3, -0.25) is 0 Å². The Labute approximate surface area is 92.8 Å². The fourth-order valence-corrected chi connectivity index (χ4v) is 1.65. The first kappa shape index (κ1) is 11.3. The summed E-state index contributed by atoms with van der Waals surface area (Å²) in [4.78, 5) is 12.9. The van der Waals surface area contributed by atoms with E-state index in [-0.39, 0.29) is 16.6 Å². The Morgan fingerprint density at radius 3 is 2.53 bits per heavy atom. The predicted octanol–water partition coefficient (Wildman–Crippen LogP) is 2.47. The number of anilines is 1. The molecule has 2 aromatic rings. The van der Waals surface area contributed by atoms with Crippen molar-refractivity contribution in [2.75, 3.05) is 5.73 Å². The molecule has 0 fully saturated rings. The standard InChI is InChI=1S/C10H7F3N2O2/c11-10(12,13)8-7(9(16)17)5-2-1-4(14)3-6(5)15-8/h1-3,15H,14H2,(H,16,17). The Hall–Kier alpha value is -2.18. The van der Waals surface area contributed by atoms with E-state index in [1.165, 1.54) is 18.2 Å². The first-order chi connectivity index (χ1) is 7.80. The number of aromatic nitrogens is 1. The molecule has 0 radical (unpaired) electrons. The lowest BCUT2D eigenvalue weighted by Crippen LogP contribution is -2.11. The van der Waals surface area contributed by atoms with Crippen molar-refractivity contribution >= 4 is 22.6 Å². The molecule has 0 atom stereocenters. The molecular weight excluding hydrogens is 237 g/mol. The molecule has 4 N–H and O–H groups in total. The summed E-state index contributed by atoms with van der Waals surface area (Å²) in [5, 5.41) is 8.82. The van der Waals surface area contributed by atoms with Gasteiger partial charge in [0.15, 0.2) is 0 Å². The fraction of sp³-hybridized carbons (Fsp3) is 0.100. The highest BCUT2D eigenvalue weighted by Gasteiger charge is 2.38. The fourth-order valence-electron chi connectivity index (χ4n) is 1.65. The third-order valence-corrected chi connectivity index (χ3v) is 2.32.